The Bertz CT molecular complexity index is 662. The Kier molecular flexibility index (Phi) is 8.57. The molecule has 7 nitrogen and oxygen atoms in total. The zero-order valence-corrected chi connectivity index (χ0v) is 17.4. The van der Waals surface area contributed by atoms with Gasteiger partial charge in [0.25, 0.3) is 10.0 Å². The lowest BCUT2D eigenvalue weighted by molar-refractivity contribution is -0.438. The summed E-state index contributed by atoms with van der Waals surface area (Å²) in [4.78, 5) is 0. The molecule has 0 saturated carbocycles. The summed E-state index contributed by atoms with van der Waals surface area (Å²) in [6, 6.07) is 0. The van der Waals surface area contributed by atoms with Crippen LogP contribution in [0.3, 0.4) is 0 Å². The molecule has 0 saturated heterocycles. The second-order valence-electron chi connectivity index (χ2n) is 4.39. The second kappa shape index (κ2) is 8.51. The van der Waals surface area contributed by atoms with Gasteiger partial charge in [-0.1, -0.05) is 0 Å². The minimum Gasteiger partial charge on any atom is -0.296 e. The van der Waals surface area contributed by atoms with Crippen molar-refractivity contribution in [3.8, 4) is 0 Å². The molecule has 164 valence electrons. The van der Waals surface area contributed by atoms with Crippen molar-refractivity contribution in [1.82, 2.24) is 4.08 Å². The van der Waals surface area contributed by atoms with Crippen LogP contribution in [-0.2, 0) is 28.4 Å². The Morgan fingerprint density at radius 1 is 0.926 bits per heavy atom. The molecule has 0 aliphatic carbocycles. The van der Waals surface area contributed by atoms with E-state index in [1.54, 1.807) is 0 Å². The maximum absolute atomic E-state index is 13.8. The van der Waals surface area contributed by atoms with Crippen LogP contribution >= 0.6 is 30.3 Å². The molecule has 0 aromatic carbocycles. The molecule has 0 fully saturated rings. The maximum atomic E-state index is 13.8. The maximum Gasteiger partial charge on any atom is 0.449 e. The predicted octanol–water partition coefficient (Wildman–Crippen LogP) is 4.25. The van der Waals surface area contributed by atoms with Gasteiger partial charge in [0.2, 0.25) is 0 Å². The quantitative estimate of drug-likeness (QED) is 0.159. The first-order chi connectivity index (χ1) is 11.7. The van der Waals surface area contributed by atoms with E-state index in [-0.39, 0.29) is 29.6 Å². The minimum absolute atomic E-state index is 0.0799. The number of ether oxygens (including phenoxy) is 1. The van der Waals surface area contributed by atoms with Crippen LogP contribution in [0, 0.1) is 0 Å². The summed E-state index contributed by atoms with van der Waals surface area (Å²) in [7, 11) is -11.8. The number of halogens is 9. The molecule has 0 aromatic heterocycles. The van der Waals surface area contributed by atoms with E-state index < -0.39 is 56.5 Å². The Labute approximate surface area is 162 Å². The van der Waals surface area contributed by atoms with E-state index in [2.05, 4.69) is 13.8 Å². The summed E-state index contributed by atoms with van der Waals surface area (Å²) in [6.07, 6.45) is -12.8. The first-order valence-corrected chi connectivity index (χ1v) is 10.5. The zero-order chi connectivity index (χ0) is 22.1. The van der Waals surface area contributed by atoms with E-state index in [9.17, 15) is 48.1 Å². The molecule has 0 amide bonds. The summed E-state index contributed by atoms with van der Waals surface area (Å²) in [6.45, 7) is 1.06. The largest absolute Gasteiger partial charge is 0.449 e. The van der Waals surface area contributed by atoms with E-state index in [0.717, 1.165) is 13.8 Å². The fourth-order valence-electron chi connectivity index (χ4n) is 1.25. The molecule has 0 unspecified atom stereocenters. The van der Waals surface area contributed by atoms with Crippen LogP contribution in [-0.4, -0.2) is 54.2 Å². The van der Waals surface area contributed by atoms with Crippen LogP contribution < -0.4 is 0 Å². The lowest BCUT2D eigenvalue weighted by Crippen LogP contribution is -2.57. The highest BCUT2D eigenvalue weighted by molar-refractivity contribution is 14.1. The number of rotatable bonds is 11. The number of hydrogen-bond donors (Lipinski definition) is 0. The summed E-state index contributed by atoms with van der Waals surface area (Å²) in [5.41, 5.74) is 0. The molecule has 0 atom stereocenters. The van der Waals surface area contributed by atoms with Crippen molar-refractivity contribution < 1.29 is 61.9 Å². The molecular weight excluding hydrogens is 560 g/mol. The molecule has 0 bridgehead atoms. The highest BCUT2D eigenvalue weighted by Gasteiger charge is 2.75. The molecule has 0 aromatic rings. The average Bonchev–Trinajstić information content (AvgIpc) is 2.44. The molecule has 0 rings (SSSR count). The predicted molar refractivity (Wildman–Crippen MR) is 82.4 cm³/mol. The van der Waals surface area contributed by atoms with Crippen molar-refractivity contribution in [2.75, 3.05) is 20.3 Å². The van der Waals surface area contributed by atoms with Gasteiger partial charge in [-0.3, -0.25) is 9.05 Å². The van der Waals surface area contributed by atoms with Gasteiger partial charge in [0.15, 0.2) is 0 Å². The lowest BCUT2D eigenvalue weighted by Gasteiger charge is -2.33. The van der Waals surface area contributed by atoms with Gasteiger partial charge >= 0.3 is 29.1 Å². The molecule has 27 heavy (non-hydrogen) atoms. The van der Waals surface area contributed by atoms with Crippen LogP contribution in [0.5, 0.6) is 0 Å². The van der Waals surface area contributed by atoms with Gasteiger partial charge in [-0.15, -0.1) is 4.08 Å². The Balaban J connectivity index is 6.12. The molecule has 18 heteroatoms. The molecule has 0 heterocycles. The van der Waals surface area contributed by atoms with E-state index in [1.165, 1.54) is 0 Å². The van der Waals surface area contributed by atoms with E-state index in [0.29, 0.717) is 0 Å². The number of alkyl halides is 9. The molecule has 0 aliphatic rings. The minimum atomic E-state index is -6.78. The summed E-state index contributed by atoms with van der Waals surface area (Å²) in [5, 5.41) is -6.57. The Morgan fingerprint density at radius 2 is 1.30 bits per heavy atom. The smallest absolute Gasteiger partial charge is 0.296 e. The topological polar surface area (TPSA) is 82.1 Å². The van der Waals surface area contributed by atoms with Crippen molar-refractivity contribution in [3.05, 3.63) is 0 Å². The van der Waals surface area contributed by atoms with Gasteiger partial charge in [-0.05, 0) is 13.8 Å². The normalized spacial score (nSPS) is 15.4. The van der Waals surface area contributed by atoms with Crippen molar-refractivity contribution in [2.24, 2.45) is 0 Å². The fraction of sp³-hybridized carbons (Fsp3) is 1.00. The van der Waals surface area contributed by atoms with E-state index >= 15 is 0 Å². The second-order valence-corrected chi connectivity index (χ2v) is 10.1. The number of sulfonamides is 1. The zero-order valence-electron chi connectivity index (χ0n) is 13.6. The summed E-state index contributed by atoms with van der Waals surface area (Å²) in [5.74, 6) is 0. The lowest BCUT2D eigenvalue weighted by atomic mass is 10.6. The SMILES string of the molecule is CCOP(=O)(OCC)N(C)S(=O)(=O)C(F)(F)C(F)(F)OC(F)(F)C(F)(F)I. The molecular formula is C9H13F8INO6PS. The van der Waals surface area contributed by atoms with Gasteiger partial charge in [-0.25, -0.2) is 17.7 Å². The van der Waals surface area contributed by atoms with Gasteiger partial charge < -0.3 is 0 Å². The standard InChI is InChI=1S/C9H13F8INO6PS/c1-4-23-26(20,24-5-2)19(3)27(21,22)9(16,17)8(14,15)25-7(12,13)6(10,11)18/h4-5H2,1-3H3. The molecule has 0 N–H and O–H groups in total. The third-order valence-corrected chi connectivity index (χ3v) is 7.84. The van der Waals surface area contributed by atoms with Gasteiger partial charge in [0, 0.05) is 29.6 Å². The third kappa shape index (κ3) is 5.42. The fourth-order valence-corrected chi connectivity index (χ4v) is 4.73. The first kappa shape index (κ1) is 27.2. The van der Waals surface area contributed by atoms with Gasteiger partial charge in [-0.2, -0.15) is 35.1 Å². The highest BCUT2D eigenvalue weighted by atomic mass is 127. The highest BCUT2D eigenvalue weighted by Crippen LogP contribution is 2.57. The van der Waals surface area contributed by atoms with Gasteiger partial charge in [0.05, 0.1) is 13.2 Å². The van der Waals surface area contributed by atoms with Crippen molar-refractivity contribution in [1.29, 1.82) is 0 Å². The van der Waals surface area contributed by atoms with Crippen LogP contribution in [0.25, 0.3) is 0 Å². The average molecular weight is 573 g/mol. The van der Waals surface area contributed by atoms with Crippen LogP contribution in [0.15, 0.2) is 0 Å². The van der Waals surface area contributed by atoms with E-state index in [4.69, 9.17) is 0 Å². The summed E-state index contributed by atoms with van der Waals surface area (Å²) < 4.78 is 146. The number of hydrogen-bond acceptors (Lipinski definition) is 6. The Hall–Kier alpha value is 0.190. The Morgan fingerprint density at radius 3 is 1.59 bits per heavy atom. The van der Waals surface area contributed by atoms with Crippen molar-refractivity contribution >= 4 is 40.4 Å². The van der Waals surface area contributed by atoms with Crippen LogP contribution in [0.2, 0.25) is 0 Å². The third-order valence-electron chi connectivity index (χ3n) is 2.53. The van der Waals surface area contributed by atoms with Crippen molar-refractivity contribution in [2.45, 2.75) is 35.2 Å². The molecule has 0 aliphatic heterocycles. The van der Waals surface area contributed by atoms with E-state index in [1.807, 2.05) is 0 Å². The molecule has 0 spiro atoms. The first-order valence-electron chi connectivity index (χ1n) is 6.52. The van der Waals surface area contributed by atoms with Gasteiger partial charge in [0.1, 0.15) is 0 Å². The summed E-state index contributed by atoms with van der Waals surface area (Å²) >= 11 is -0.374. The van der Waals surface area contributed by atoms with Crippen LogP contribution in [0.4, 0.5) is 35.1 Å². The molecule has 0 radical (unpaired) electrons. The van der Waals surface area contributed by atoms with Crippen molar-refractivity contribution in [3.63, 3.8) is 0 Å². The monoisotopic (exact) mass is 573 g/mol. The van der Waals surface area contributed by atoms with Crippen LogP contribution in [0.1, 0.15) is 13.8 Å². The number of nitrogens with zero attached hydrogens (tertiary/aromatic N) is 1.